The van der Waals surface area contributed by atoms with Crippen LogP contribution < -0.4 is 10.1 Å². The molecule has 1 N–H and O–H groups in total. The molecule has 0 amide bonds. The summed E-state index contributed by atoms with van der Waals surface area (Å²) in [6, 6.07) is 12.5. The Hall–Kier alpha value is -3.02. The van der Waals surface area contributed by atoms with Gasteiger partial charge >= 0.3 is 5.97 Å². The molecule has 1 fully saturated rings. The third-order valence-electron chi connectivity index (χ3n) is 6.98. The Balaban J connectivity index is 1.85. The number of anilines is 2. The van der Waals surface area contributed by atoms with Gasteiger partial charge in [-0.15, -0.1) is 0 Å². The van der Waals surface area contributed by atoms with E-state index < -0.39 is 5.97 Å². The molecule has 4 rings (SSSR count). The summed E-state index contributed by atoms with van der Waals surface area (Å²) in [5.74, 6) is 1.94. The summed E-state index contributed by atoms with van der Waals surface area (Å²) >= 11 is 0. The molecule has 1 aliphatic carbocycles. The zero-order valence-electron chi connectivity index (χ0n) is 21.4. The van der Waals surface area contributed by atoms with Gasteiger partial charge in [-0.3, -0.25) is 0 Å². The first-order chi connectivity index (χ1) is 16.1. The predicted molar refractivity (Wildman–Crippen MR) is 137 cm³/mol. The van der Waals surface area contributed by atoms with Gasteiger partial charge in [0.1, 0.15) is 11.3 Å². The summed E-state index contributed by atoms with van der Waals surface area (Å²) in [6.45, 7) is 11.4. The molecular weight excluding hydrogens is 426 g/mol. The standard InChI is InChI=1S/C28H37N3O3/c1-17(2)19-8-10-20(11-9-19)29-27-30-23-13-22(26(32)34-7)25(33-6)14-24(23)31(27)21-12-18(3)15-28(4,5)16-21/h8-11,13-14,17-18,21H,12,15-16H2,1-7H3,(H,29,30). The quantitative estimate of drug-likeness (QED) is 0.396. The number of carbonyl (C=O) groups is 1. The Morgan fingerprint density at radius 1 is 1.15 bits per heavy atom. The highest BCUT2D eigenvalue weighted by molar-refractivity contribution is 5.97. The first-order valence-corrected chi connectivity index (χ1v) is 12.2. The van der Waals surface area contributed by atoms with E-state index in [1.165, 1.54) is 19.1 Å². The van der Waals surface area contributed by atoms with E-state index in [1.54, 1.807) is 13.2 Å². The second-order valence-electron chi connectivity index (χ2n) is 10.8. The van der Waals surface area contributed by atoms with Crippen LogP contribution in [-0.4, -0.2) is 29.7 Å². The van der Waals surface area contributed by atoms with Crippen molar-refractivity contribution in [3.05, 3.63) is 47.5 Å². The Bertz CT molecular complexity index is 1180. The van der Waals surface area contributed by atoms with E-state index >= 15 is 0 Å². The van der Waals surface area contributed by atoms with Gasteiger partial charge in [-0.25, -0.2) is 9.78 Å². The number of hydrogen-bond acceptors (Lipinski definition) is 5. The number of methoxy groups -OCH3 is 2. The number of hydrogen-bond donors (Lipinski definition) is 1. The maximum Gasteiger partial charge on any atom is 0.341 e. The van der Waals surface area contributed by atoms with Crippen molar-refractivity contribution < 1.29 is 14.3 Å². The zero-order valence-corrected chi connectivity index (χ0v) is 21.4. The van der Waals surface area contributed by atoms with Gasteiger partial charge in [0.05, 0.1) is 25.3 Å². The first kappa shape index (κ1) is 24.1. The third-order valence-corrected chi connectivity index (χ3v) is 6.98. The van der Waals surface area contributed by atoms with Crippen molar-refractivity contribution in [1.29, 1.82) is 0 Å². The number of fused-ring (bicyclic) bond motifs is 1. The Kier molecular flexibility index (Phi) is 6.61. The van der Waals surface area contributed by atoms with Crippen LogP contribution in [0.2, 0.25) is 0 Å². The van der Waals surface area contributed by atoms with E-state index in [1.807, 2.05) is 6.07 Å². The van der Waals surface area contributed by atoms with Crippen LogP contribution in [0, 0.1) is 11.3 Å². The molecule has 1 aliphatic rings. The van der Waals surface area contributed by atoms with Crippen LogP contribution in [0.5, 0.6) is 5.75 Å². The molecule has 0 saturated heterocycles. The maximum absolute atomic E-state index is 12.4. The summed E-state index contributed by atoms with van der Waals surface area (Å²) in [7, 11) is 2.96. The minimum absolute atomic E-state index is 0.241. The largest absolute Gasteiger partial charge is 0.496 e. The van der Waals surface area contributed by atoms with Crippen LogP contribution in [0.25, 0.3) is 11.0 Å². The number of carbonyl (C=O) groups excluding carboxylic acids is 1. The van der Waals surface area contributed by atoms with Crippen LogP contribution in [0.3, 0.4) is 0 Å². The summed E-state index contributed by atoms with van der Waals surface area (Å²) in [5, 5.41) is 3.56. The maximum atomic E-state index is 12.4. The van der Waals surface area contributed by atoms with E-state index in [-0.39, 0.29) is 11.5 Å². The zero-order chi connectivity index (χ0) is 24.6. The third kappa shape index (κ3) is 4.77. The molecule has 2 aromatic carbocycles. The molecule has 182 valence electrons. The SMILES string of the molecule is COC(=O)c1cc2nc(Nc3ccc(C(C)C)cc3)n(C3CC(C)CC(C)(C)C3)c2cc1OC. The van der Waals surface area contributed by atoms with Gasteiger partial charge in [-0.05, 0) is 60.3 Å². The van der Waals surface area contributed by atoms with Crippen molar-refractivity contribution in [1.82, 2.24) is 9.55 Å². The second kappa shape index (κ2) is 9.32. The molecule has 0 spiro atoms. The molecule has 0 bridgehead atoms. The summed E-state index contributed by atoms with van der Waals surface area (Å²) < 4.78 is 12.9. The highest BCUT2D eigenvalue weighted by Gasteiger charge is 2.35. The number of nitrogens with one attached hydrogen (secondary N) is 1. The molecule has 2 atom stereocenters. The number of nitrogens with zero attached hydrogens (tertiary/aromatic N) is 2. The van der Waals surface area contributed by atoms with Gasteiger partial charge in [0.25, 0.3) is 0 Å². The smallest absolute Gasteiger partial charge is 0.341 e. The highest BCUT2D eigenvalue weighted by Crippen LogP contribution is 2.46. The van der Waals surface area contributed by atoms with Gasteiger partial charge in [-0.2, -0.15) is 0 Å². The number of imidazole rings is 1. The topological polar surface area (TPSA) is 65.4 Å². The molecule has 34 heavy (non-hydrogen) atoms. The summed E-state index contributed by atoms with van der Waals surface area (Å²) in [5.41, 5.74) is 4.62. The van der Waals surface area contributed by atoms with Crippen molar-refractivity contribution in [2.24, 2.45) is 11.3 Å². The van der Waals surface area contributed by atoms with Crippen molar-refractivity contribution in [3.8, 4) is 5.75 Å². The molecule has 2 unspecified atom stereocenters. The Labute approximate surface area is 202 Å². The van der Waals surface area contributed by atoms with Crippen molar-refractivity contribution in [3.63, 3.8) is 0 Å². The average molecular weight is 464 g/mol. The lowest BCUT2D eigenvalue weighted by Crippen LogP contribution is -2.29. The number of aromatic nitrogens is 2. The molecule has 3 aromatic rings. The van der Waals surface area contributed by atoms with Gasteiger partial charge in [0, 0.05) is 17.8 Å². The molecule has 6 nitrogen and oxygen atoms in total. The van der Waals surface area contributed by atoms with Crippen LogP contribution in [0.15, 0.2) is 36.4 Å². The van der Waals surface area contributed by atoms with E-state index in [0.29, 0.717) is 23.1 Å². The van der Waals surface area contributed by atoms with Crippen LogP contribution in [0.1, 0.15) is 81.8 Å². The van der Waals surface area contributed by atoms with Gasteiger partial charge in [0.2, 0.25) is 5.95 Å². The summed E-state index contributed by atoms with van der Waals surface area (Å²) in [4.78, 5) is 17.3. The number of benzene rings is 2. The molecule has 6 heteroatoms. The lowest BCUT2D eigenvalue weighted by molar-refractivity contribution is 0.0597. The molecule has 1 saturated carbocycles. The van der Waals surface area contributed by atoms with Crippen molar-refractivity contribution >= 4 is 28.6 Å². The number of rotatable bonds is 6. The Morgan fingerprint density at radius 2 is 1.85 bits per heavy atom. The van der Waals surface area contributed by atoms with E-state index in [4.69, 9.17) is 14.5 Å². The molecule has 1 aromatic heterocycles. The molecule has 0 radical (unpaired) electrons. The lowest BCUT2D eigenvalue weighted by atomic mass is 9.70. The predicted octanol–water partition coefficient (Wildman–Crippen LogP) is 7.09. The number of ether oxygens (including phenoxy) is 2. The molecular formula is C28H37N3O3. The van der Waals surface area contributed by atoms with E-state index in [0.717, 1.165) is 35.5 Å². The van der Waals surface area contributed by atoms with Gasteiger partial charge < -0.3 is 19.4 Å². The van der Waals surface area contributed by atoms with Crippen molar-refractivity contribution in [2.45, 2.75) is 65.8 Å². The highest BCUT2D eigenvalue weighted by atomic mass is 16.5. The van der Waals surface area contributed by atoms with Gasteiger partial charge in [0.15, 0.2) is 0 Å². The van der Waals surface area contributed by atoms with E-state index in [2.05, 4.69) is 68.8 Å². The summed E-state index contributed by atoms with van der Waals surface area (Å²) in [6.07, 6.45) is 3.35. The number of esters is 1. The fourth-order valence-electron chi connectivity index (χ4n) is 5.59. The van der Waals surface area contributed by atoms with Gasteiger partial charge in [-0.1, -0.05) is 46.8 Å². The second-order valence-corrected chi connectivity index (χ2v) is 10.8. The normalized spacial score (nSPS) is 19.9. The minimum Gasteiger partial charge on any atom is -0.496 e. The lowest BCUT2D eigenvalue weighted by Gasteiger charge is -2.40. The van der Waals surface area contributed by atoms with E-state index in [9.17, 15) is 4.79 Å². The fraction of sp³-hybridized carbons (Fsp3) is 0.500. The molecule has 0 aliphatic heterocycles. The average Bonchev–Trinajstić information content (AvgIpc) is 3.13. The van der Waals surface area contributed by atoms with Crippen LogP contribution in [-0.2, 0) is 4.74 Å². The van der Waals surface area contributed by atoms with Crippen LogP contribution in [0.4, 0.5) is 11.6 Å². The fourth-order valence-corrected chi connectivity index (χ4v) is 5.59. The molecule has 1 heterocycles. The van der Waals surface area contributed by atoms with Crippen LogP contribution >= 0.6 is 0 Å². The monoisotopic (exact) mass is 463 g/mol. The Morgan fingerprint density at radius 3 is 2.44 bits per heavy atom. The minimum atomic E-state index is -0.431. The first-order valence-electron chi connectivity index (χ1n) is 12.2. The van der Waals surface area contributed by atoms with Crippen molar-refractivity contribution in [2.75, 3.05) is 19.5 Å².